The second-order valence-electron chi connectivity index (χ2n) is 8.28. The van der Waals surface area contributed by atoms with E-state index in [1.165, 1.54) is 19.3 Å². The molecule has 4 aromatic rings. The molecule has 0 unspecified atom stereocenters. The number of piperidine rings is 1. The zero-order chi connectivity index (χ0) is 22.6. The van der Waals surface area contributed by atoms with Crippen molar-refractivity contribution in [2.24, 2.45) is 0 Å². The minimum Gasteiger partial charge on any atom is -0.356 e. The quantitative estimate of drug-likeness (QED) is 0.439. The number of hydrogen-bond acceptors (Lipinski definition) is 6. The van der Waals surface area contributed by atoms with Gasteiger partial charge in [-0.3, -0.25) is 9.78 Å². The molecule has 0 atom stereocenters. The van der Waals surface area contributed by atoms with E-state index >= 15 is 0 Å². The standard InChI is InChI=1S/C26H26N6O/c1-18-17-23(32-15-5-2-6-16-32)31-26(28-18)30-21-11-9-20(10-12-21)29-25(33)24-22-8-4-3-7-19(22)13-14-27-24/h3-4,7-14,17H,2,5-6,15-16H2,1H3,(H,29,33)(H,28,30,31). The summed E-state index contributed by atoms with van der Waals surface area (Å²) in [6.45, 7) is 4.06. The number of benzene rings is 2. The fourth-order valence-corrected chi connectivity index (χ4v) is 4.15. The average Bonchev–Trinajstić information content (AvgIpc) is 2.85. The Hall–Kier alpha value is -4.00. The number of nitrogens with zero attached hydrogens (tertiary/aromatic N) is 4. The van der Waals surface area contributed by atoms with Gasteiger partial charge >= 0.3 is 0 Å². The maximum Gasteiger partial charge on any atom is 0.274 e. The second kappa shape index (κ2) is 9.24. The van der Waals surface area contributed by atoms with Crippen LogP contribution in [0.2, 0.25) is 0 Å². The van der Waals surface area contributed by atoms with Gasteiger partial charge in [0.15, 0.2) is 0 Å². The Morgan fingerprint density at radius 3 is 2.48 bits per heavy atom. The van der Waals surface area contributed by atoms with Crippen LogP contribution in [0, 0.1) is 6.92 Å². The van der Waals surface area contributed by atoms with Crippen LogP contribution in [0.25, 0.3) is 10.8 Å². The third-order valence-electron chi connectivity index (χ3n) is 5.81. The number of aromatic nitrogens is 3. The first kappa shape index (κ1) is 20.9. The molecule has 0 bridgehead atoms. The molecular weight excluding hydrogens is 412 g/mol. The SMILES string of the molecule is Cc1cc(N2CCCCC2)nc(Nc2ccc(NC(=O)c3nccc4ccccc34)cc2)n1. The molecule has 1 fully saturated rings. The number of carbonyl (C=O) groups excluding carboxylic acids is 1. The molecule has 1 amide bonds. The van der Waals surface area contributed by atoms with Crippen LogP contribution in [-0.2, 0) is 0 Å². The van der Waals surface area contributed by atoms with Crippen molar-refractivity contribution >= 4 is 39.8 Å². The second-order valence-corrected chi connectivity index (χ2v) is 8.28. The van der Waals surface area contributed by atoms with Crippen molar-refractivity contribution in [3.63, 3.8) is 0 Å². The molecule has 0 aliphatic carbocycles. The normalized spacial score (nSPS) is 13.7. The summed E-state index contributed by atoms with van der Waals surface area (Å²) in [7, 11) is 0. The number of hydrogen-bond donors (Lipinski definition) is 2. The number of nitrogens with one attached hydrogen (secondary N) is 2. The number of fused-ring (bicyclic) bond motifs is 1. The Morgan fingerprint density at radius 2 is 1.67 bits per heavy atom. The van der Waals surface area contributed by atoms with E-state index < -0.39 is 0 Å². The summed E-state index contributed by atoms with van der Waals surface area (Å²) in [4.78, 5) is 28.7. The van der Waals surface area contributed by atoms with Gasteiger partial charge in [0.1, 0.15) is 11.5 Å². The highest BCUT2D eigenvalue weighted by Gasteiger charge is 2.14. The molecule has 7 nitrogen and oxygen atoms in total. The lowest BCUT2D eigenvalue weighted by Gasteiger charge is -2.28. The molecule has 0 saturated carbocycles. The zero-order valence-electron chi connectivity index (χ0n) is 18.6. The minimum absolute atomic E-state index is 0.235. The Balaban J connectivity index is 1.29. The molecule has 1 aliphatic rings. The van der Waals surface area contributed by atoms with Crippen molar-refractivity contribution in [2.45, 2.75) is 26.2 Å². The van der Waals surface area contributed by atoms with Crippen LogP contribution in [0.3, 0.4) is 0 Å². The van der Waals surface area contributed by atoms with Crippen molar-refractivity contribution in [3.05, 3.63) is 78.2 Å². The van der Waals surface area contributed by atoms with Crippen LogP contribution in [0.5, 0.6) is 0 Å². The molecule has 33 heavy (non-hydrogen) atoms. The number of carbonyl (C=O) groups is 1. The lowest BCUT2D eigenvalue weighted by molar-refractivity contribution is 0.102. The minimum atomic E-state index is -0.235. The molecule has 2 N–H and O–H groups in total. The van der Waals surface area contributed by atoms with Crippen LogP contribution in [0.1, 0.15) is 35.4 Å². The first-order valence-corrected chi connectivity index (χ1v) is 11.3. The van der Waals surface area contributed by atoms with Gasteiger partial charge in [0.05, 0.1) is 0 Å². The summed E-state index contributed by atoms with van der Waals surface area (Å²) < 4.78 is 0. The summed E-state index contributed by atoms with van der Waals surface area (Å²) in [5.41, 5.74) is 2.89. The van der Waals surface area contributed by atoms with E-state index in [4.69, 9.17) is 4.98 Å². The van der Waals surface area contributed by atoms with Gasteiger partial charge in [-0.25, -0.2) is 4.98 Å². The molecule has 1 aliphatic heterocycles. The van der Waals surface area contributed by atoms with Crippen LogP contribution in [0.4, 0.5) is 23.1 Å². The third-order valence-corrected chi connectivity index (χ3v) is 5.81. The van der Waals surface area contributed by atoms with Crippen molar-refractivity contribution in [1.29, 1.82) is 0 Å². The molecular formula is C26H26N6O. The topological polar surface area (TPSA) is 83.0 Å². The predicted molar refractivity (Wildman–Crippen MR) is 132 cm³/mol. The maximum atomic E-state index is 12.8. The number of rotatable bonds is 5. The van der Waals surface area contributed by atoms with Gasteiger partial charge in [-0.1, -0.05) is 24.3 Å². The van der Waals surface area contributed by atoms with Gasteiger partial charge in [-0.2, -0.15) is 4.98 Å². The summed E-state index contributed by atoms with van der Waals surface area (Å²) in [6.07, 6.45) is 5.34. The van der Waals surface area contributed by atoms with E-state index in [-0.39, 0.29) is 5.91 Å². The smallest absolute Gasteiger partial charge is 0.274 e. The highest BCUT2D eigenvalue weighted by molar-refractivity contribution is 6.11. The Morgan fingerprint density at radius 1 is 0.909 bits per heavy atom. The predicted octanol–water partition coefficient (Wildman–Crippen LogP) is 5.32. The zero-order valence-corrected chi connectivity index (χ0v) is 18.6. The van der Waals surface area contributed by atoms with Crippen LogP contribution in [-0.4, -0.2) is 33.9 Å². The highest BCUT2D eigenvalue weighted by atomic mass is 16.1. The van der Waals surface area contributed by atoms with Crippen molar-refractivity contribution < 1.29 is 4.79 Å². The van der Waals surface area contributed by atoms with Gasteiger partial charge in [-0.05, 0) is 61.9 Å². The fourth-order valence-electron chi connectivity index (χ4n) is 4.15. The van der Waals surface area contributed by atoms with E-state index in [1.54, 1.807) is 6.20 Å². The maximum absolute atomic E-state index is 12.8. The molecule has 2 aromatic carbocycles. The van der Waals surface area contributed by atoms with Gasteiger partial charge in [0, 0.05) is 47.8 Å². The van der Waals surface area contributed by atoms with Gasteiger partial charge in [0.2, 0.25) is 5.95 Å². The van der Waals surface area contributed by atoms with Crippen LogP contribution in [0.15, 0.2) is 66.9 Å². The van der Waals surface area contributed by atoms with Gasteiger partial charge in [-0.15, -0.1) is 0 Å². The Kier molecular flexibility index (Phi) is 5.85. The molecule has 1 saturated heterocycles. The first-order chi connectivity index (χ1) is 16.2. The van der Waals surface area contributed by atoms with Gasteiger partial charge < -0.3 is 15.5 Å². The van der Waals surface area contributed by atoms with Gasteiger partial charge in [0.25, 0.3) is 5.91 Å². The van der Waals surface area contributed by atoms with Crippen molar-refractivity contribution in [2.75, 3.05) is 28.6 Å². The van der Waals surface area contributed by atoms with E-state index in [0.717, 1.165) is 41.1 Å². The lowest BCUT2D eigenvalue weighted by atomic mass is 10.1. The average molecular weight is 439 g/mol. The molecule has 7 heteroatoms. The highest BCUT2D eigenvalue weighted by Crippen LogP contribution is 2.23. The monoisotopic (exact) mass is 438 g/mol. The summed E-state index contributed by atoms with van der Waals surface area (Å²) in [6, 6.07) is 19.2. The molecule has 0 radical (unpaired) electrons. The Labute approximate surface area is 192 Å². The van der Waals surface area contributed by atoms with E-state index in [0.29, 0.717) is 17.3 Å². The fraction of sp³-hybridized carbons (Fsp3) is 0.231. The van der Waals surface area contributed by atoms with E-state index in [1.807, 2.05) is 67.6 Å². The first-order valence-electron chi connectivity index (χ1n) is 11.3. The number of anilines is 4. The molecule has 3 heterocycles. The summed E-state index contributed by atoms with van der Waals surface area (Å²) in [5.74, 6) is 1.31. The summed E-state index contributed by atoms with van der Waals surface area (Å²) >= 11 is 0. The number of pyridine rings is 1. The van der Waals surface area contributed by atoms with Crippen LogP contribution >= 0.6 is 0 Å². The third kappa shape index (κ3) is 4.77. The van der Waals surface area contributed by atoms with Crippen molar-refractivity contribution in [3.8, 4) is 0 Å². The number of aryl methyl sites for hydroxylation is 1. The molecule has 2 aromatic heterocycles. The van der Waals surface area contributed by atoms with Crippen molar-refractivity contribution in [1.82, 2.24) is 15.0 Å². The van der Waals surface area contributed by atoms with Crippen LogP contribution < -0.4 is 15.5 Å². The molecule has 5 rings (SSSR count). The largest absolute Gasteiger partial charge is 0.356 e. The molecule has 166 valence electrons. The van der Waals surface area contributed by atoms with E-state index in [9.17, 15) is 4.79 Å². The summed E-state index contributed by atoms with van der Waals surface area (Å²) in [5, 5.41) is 8.04. The molecule has 0 spiro atoms. The Bertz CT molecular complexity index is 1280. The number of amides is 1. The lowest BCUT2D eigenvalue weighted by Crippen LogP contribution is -2.30. The van der Waals surface area contributed by atoms with E-state index in [2.05, 4.69) is 25.5 Å².